The Kier molecular flexibility index (Phi) is 10.7. The molecule has 0 radical (unpaired) electrons. The highest BCUT2D eigenvalue weighted by molar-refractivity contribution is 8.04. The van der Waals surface area contributed by atoms with Crippen molar-refractivity contribution in [3.63, 3.8) is 0 Å². The van der Waals surface area contributed by atoms with Gasteiger partial charge < -0.3 is 4.42 Å². The van der Waals surface area contributed by atoms with Crippen LogP contribution in [0.15, 0.2) is 60.0 Å². The summed E-state index contributed by atoms with van der Waals surface area (Å²) in [6.07, 6.45) is 6.37. The summed E-state index contributed by atoms with van der Waals surface area (Å²) in [6.45, 7) is 0. The molecule has 1 aromatic carbocycles. The summed E-state index contributed by atoms with van der Waals surface area (Å²) in [5.74, 6) is 0.00778. The Morgan fingerprint density at radius 1 is 0.861 bits per heavy atom. The van der Waals surface area contributed by atoms with Gasteiger partial charge in [0.05, 0.1) is 15.9 Å². The van der Waals surface area contributed by atoms with E-state index in [1.165, 1.54) is 65.3 Å². The van der Waals surface area contributed by atoms with Gasteiger partial charge in [0.2, 0.25) is 0 Å². The Bertz CT molecular complexity index is 1370. The summed E-state index contributed by atoms with van der Waals surface area (Å²) in [4.78, 5) is 33.7. The minimum Gasteiger partial charge on any atom is -0.401 e. The summed E-state index contributed by atoms with van der Waals surface area (Å²) in [7, 11) is 0. The van der Waals surface area contributed by atoms with E-state index in [0.29, 0.717) is 10.1 Å². The van der Waals surface area contributed by atoms with E-state index in [4.69, 9.17) is 4.42 Å². The van der Waals surface area contributed by atoms with E-state index in [-0.39, 0.29) is 24.0 Å². The molecule has 0 saturated heterocycles. The molecule has 0 atom stereocenters. The molecule has 0 unspecified atom stereocenters. The fourth-order valence-corrected chi connectivity index (χ4v) is 5.62. The van der Waals surface area contributed by atoms with Gasteiger partial charge >= 0.3 is 10.9 Å². The second kappa shape index (κ2) is 13.4. The van der Waals surface area contributed by atoms with Crippen molar-refractivity contribution >= 4 is 74.9 Å². The van der Waals surface area contributed by atoms with Gasteiger partial charge in [-0.1, -0.05) is 36.6 Å². The van der Waals surface area contributed by atoms with Crippen LogP contribution < -0.4 is 0 Å². The van der Waals surface area contributed by atoms with E-state index >= 15 is 0 Å². The van der Waals surface area contributed by atoms with Gasteiger partial charge in [-0.25, -0.2) is 4.98 Å². The Morgan fingerprint density at radius 3 is 2.08 bits per heavy atom. The van der Waals surface area contributed by atoms with Crippen LogP contribution >= 0.6 is 46.2 Å². The van der Waals surface area contributed by atoms with Crippen LogP contribution in [0, 0.1) is 30.3 Å². The second-order valence-corrected chi connectivity index (χ2v) is 10.5. The summed E-state index contributed by atoms with van der Waals surface area (Å²) >= 11 is 5.30. The van der Waals surface area contributed by atoms with E-state index in [2.05, 4.69) is 15.2 Å². The number of nitrogens with zero attached hydrogens (tertiary/aromatic N) is 6. The van der Waals surface area contributed by atoms with Crippen molar-refractivity contribution in [2.45, 2.75) is 20.4 Å². The lowest BCUT2D eigenvalue weighted by atomic mass is 10.2. The number of nitro groups is 3. The van der Waals surface area contributed by atoms with Crippen molar-refractivity contribution in [3.05, 3.63) is 84.3 Å². The van der Waals surface area contributed by atoms with Crippen molar-refractivity contribution in [3.8, 4) is 0 Å². The standard InChI is InChI=1S/C12H8N2O5.C6H4N4O2S4.CH4/c15-13(16)10-4-1-9(2-5-10)3-6-11-7-8-12(19-11)14(17)18;1-13-5-8-9-6(16-5)15-4-7-2-3(14-4)10(11)12;/h1-8H;2H,1H3;1H4/b6-3+;;. The Balaban J connectivity index is 0.000000250. The SMILES string of the molecule is C.CSc1nnc(Sc2ncc([N+](=O)[O-])s2)s1.O=[N+]([O-])c1ccc(/C=C/c2ccc([N+](=O)[O-])o2)cc1. The molecule has 0 aliphatic rings. The molecule has 17 heteroatoms. The first-order valence-corrected chi connectivity index (χ1v) is 12.7. The van der Waals surface area contributed by atoms with Crippen LogP contribution in [-0.2, 0) is 0 Å². The predicted octanol–water partition coefficient (Wildman–Crippen LogP) is 6.68. The third kappa shape index (κ3) is 8.22. The molecule has 0 aliphatic heterocycles. The number of benzene rings is 1. The van der Waals surface area contributed by atoms with Crippen LogP contribution in [0.1, 0.15) is 18.8 Å². The molecule has 3 aromatic heterocycles. The molecule has 13 nitrogen and oxygen atoms in total. The normalized spacial score (nSPS) is 10.4. The maximum atomic E-state index is 10.5. The maximum Gasteiger partial charge on any atom is 0.433 e. The first-order valence-electron chi connectivity index (χ1n) is 9.07. The Hall–Kier alpha value is -3.67. The summed E-state index contributed by atoms with van der Waals surface area (Å²) < 4.78 is 7.15. The second-order valence-electron chi connectivity index (χ2n) is 5.98. The van der Waals surface area contributed by atoms with E-state index < -0.39 is 14.8 Å². The quantitative estimate of drug-likeness (QED) is 0.125. The van der Waals surface area contributed by atoms with Crippen molar-refractivity contribution in [2.75, 3.05) is 6.26 Å². The first-order chi connectivity index (χ1) is 16.7. The van der Waals surface area contributed by atoms with Crippen molar-refractivity contribution in [1.29, 1.82) is 0 Å². The number of rotatable bonds is 8. The zero-order valence-corrected chi connectivity index (χ0v) is 20.6. The van der Waals surface area contributed by atoms with Crippen LogP contribution in [0.3, 0.4) is 0 Å². The molecule has 188 valence electrons. The highest BCUT2D eigenvalue weighted by atomic mass is 32.2. The lowest BCUT2D eigenvalue weighted by Gasteiger charge is -1.93. The molecule has 36 heavy (non-hydrogen) atoms. The molecule has 0 aliphatic carbocycles. The third-order valence-electron chi connectivity index (χ3n) is 3.73. The lowest BCUT2D eigenvalue weighted by molar-refractivity contribution is -0.402. The third-order valence-corrected chi connectivity index (χ3v) is 7.70. The van der Waals surface area contributed by atoms with Gasteiger partial charge in [-0.15, -0.1) is 10.2 Å². The molecule has 0 amide bonds. The van der Waals surface area contributed by atoms with Crippen LogP contribution in [0.5, 0.6) is 0 Å². The summed E-state index contributed by atoms with van der Waals surface area (Å²) in [5, 5.41) is 39.2. The summed E-state index contributed by atoms with van der Waals surface area (Å²) in [5.41, 5.74) is 0.732. The van der Waals surface area contributed by atoms with Crippen molar-refractivity contribution in [2.24, 2.45) is 0 Å². The molecule has 3 heterocycles. The number of aromatic nitrogens is 3. The fourth-order valence-electron chi connectivity index (χ4n) is 2.19. The number of thioether (sulfide) groups is 1. The average Bonchev–Trinajstić information content (AvgIpc) is 3.60. The molecule has 0 fully saturated rings. The van der Waals surface area contributed by atoms with Gasteiger partial charge in [-0.2, -0.15) is 0 Å². The van der Waals surface area contributed by atoms with Crippen LogP contribution in [0.4, 0.5) is 16.6 Å². The number of hydrogen-bond donors (Lipinski definition) is 0. The van der Waals surface area contributed by atoms with Gasteiger partial charge in [0, 0.05) is 12.1 Å². The monoisotopic (exact) mass is 568 g/mol. The van der Waals surface area contributed by atoms with Gasteiger partial charge in [-0.05, 0) is 59.2 Å². The van der Waals surface area contributed by atoms with Crippen LogP contribution in [0.2, 0.25) is 0 Å². The van der Waals surface area contributed by atoms with Gasteiger partial charge in [0.1, 0.15) is 16.9 Å². The van der Waals surface area contributed by atoms with E-state index in [1.54, 1.807) is 24.3 Å². The number of non-ortho nitro benzene ring substituents is 1. The number of thiazole rings is 1. The maximum absolute atomic E-state index is 10.5. The van der Waals surface area contributed by atoms with Crippen LogP contribution in [-0.4, -0.2) is 36.2 Å². The molecule has 4 rings (SSSR count). The van der Waals surface area contributed by atoms with Gasteiger partial charge in [-0.3, -0.25) is 30.3 Å². The van der Waals surface area contributed by atoms with Gasteiger partial charge in [0.25, 0.3) is 5.69 Å². The van der Waals surface area contributed by atoms with Gasteiger partial charge in [0.15, 0.2) is 13.0 Å². The molecular weight excluding hydrogens is 553 g/mol. The highest BCUT2D eigenvalue weighted by Gasteiger charge is 2.14. The first kappa shape index (κ1) is 28.6. The van der Waals surface area contributed by atoms with Crippen molar-refractivity contribution < 1.29 is 19.2 Å². The molecule has 0 saturated carbocycles. The Labute approximate surface area is 219 Å². The highest BCUT2D eigenvalue weighted by Crippen LogP contribution is 2.36. The largest absolute Gasteiger partial charge is 0.433 e. The minimum absolute atomic E-state index is 0. The summed E-state index contributed by atoms with van der Waals surface area (Å²) in [6, 6.07) is 8.64. The fraction of sp³-hybridized carbons (Fsp3) is 0.105. The number of hydrogen-bond acceptors (Lipinski definition) is 14. The number of furan rings is 1. The molecule has 0 spiro atoms. The molecule has 0 N–H and O–H groups in total. The minimum atomic E-state index is -0.622. The molecule has 0 bridgehead atoms. The zero-order valence-electron chi connectivity index (χ0n) is 17.4. The zero-order chi connectivity index (χ0) is 25.4. The smallest absolute Gasteiger partial charge is 0.401 e. The molecular formula is C19H16N6O7S4. The molecule has 4 aromatic rings. The average molecular weight is 569 g/mol. The topological polar surface area (TPSA) is 181 Å². The van der Waals surface area contributed by atoms with E-state index in [1.807, 2.05) is 6.26 Å². The number of nitro benzene ring substituents is 1. The lowest BCUT2D eigenvalue weighted by Crippen LogP contribution is -1.86. The van der Waals surface area contributed by atoms with Crippen LogP contribution in [0.25, 0.3) is 12.2 Å². The Morgan fingerprint density at radius 2 is 1.56 bits per heavy atom. The van der Waals surface area contributed by atoms with E-state index in [9.17, 15) is 30.3 Å². The van der Waals surface area contributed by atoms with Crippen molar-refractivity contribution in [1.82, 2.24) is 15.2 Å². The van der Waals surface area contributed by atoms with E-state index in [0.717, 1.165) is 25.6 Å². The predicted molar refractivity (Wildman–Crippen MR) is 139 cm³/mol.